The van der Waals surface area contributed by atoms with Crippen LogP contribution in [0.1, 0.15) is 39.8 Å². The Balaban J connectivity index is 1.44. The topological polar surface area (TPSA) is 92.3 Å². The monoisotopic (exact) mass is 474 g/mol. The van der Waals surface area contributed by atoms with E-state index in [1.54, 1.807) is 14.0 Å². The van der Waals surface area contributed by atoms with E-state index < -0.39 is 12.1 Å². The number of hydrogen-bond donors (Lipinski definition) is 0. The zero-order valence-electron chi connectivity index (χ0n) is 19.1. The van der Waals surface area contributed by atoms with Gasteiger partial charge in [-0.2, -0.15) is 0 Å². The molecule has 9 heteroatoms. The summed E-state index contributed by atoms with van der Waals surface area (Å²) in [5.74, 6) is 0.812. The summed E-state index contributed by atoms with van der Waals surface area (Å²) in [4.78, 5) is 19.2. The number of methoxy groups -OCH3 is 1. The van der Waals surface area contributed by atoms with Gasteiger partial charge in [0.25, 0.3) is 5.89 Å². The van der Waals surface area contributed by atoms with Crippen molar-refractivity contribution in [1.29, 1.82) is 0 Å². The van der Waals surface area contributed by atoms with Crippen LogP contribution in [0.3, 0.4) is 0 Å². The second kappa shape index (κ2) is 8.75. The van der Waals surface area contributed by atoms with Gasteiger partial charge in [0.1, 0.15) is 15.5 Å². The molecule has 8 nitrogen and oxygen atoms in total. The third-order valence-electron chi connectivity index (χ3n) is 5.42. The van der Waals surface area contributed by atoms with Crippen molar-refractivity contribution in [2.24, 2.45) is 0 Å². The third-order valence-corrected chi connectivity index (χ3v) is 6.47. The molecule has 5 rings (SSSR count). The van der Waals surface area contributed by atoms with Crippen molar-refractivity contribution in [1.82, 2.24) is 19.7 Å². The molecule has 0 aliphatic heterocycles. The fourth-order valence-electron chi connectivity index (χ4n) is 3.80. The van der Waals surface area contributed by atoms with E-state index in [1.165, 1.54) is 11.3 Å². The normalized spacial score (nSPS) is 12.1. The highest BCUT2D eigenvalue weighted by Crippen LogP contribution is 2.37. The van der Waals surface area contributed by atoms with Gasteiger partial charge in [0.05, 0.1) is 12.8 Å². The van der Waals surface area contributed by atoms with Gasteiger partial charge in [0.2, 0.25) is 5.89 Å². The number of pyridine rings is 1. The molecule has 34 heavy (non-hydrogen) atoms. The number of rotatable bonds is 6. The van der Waals surface area contributed by atoms with Crippen LogP contribution in [0.15, 0.2) is 59.3 Å². The number of aryl methyl sites for hydroxylation is 2. The Morgan fingerprint density at radius 3 is 2.56 bits per heavy atom. The molecule has 5 aromatic rings. The van der Waals surface area contributed by atoms with Gasteiger partial charge in [-0.3, -0.25) is 0 Å². The van der Waals surface area contributed by atoms with E-state index >= 15 is 0 Å². The maximum atomic E-state index is 13.3. The zero-order valence-corrected chi connectivity index (χ0v) is 19.9. The summed E-state index contributed by atoms with van der Waals surface area (Å²) in [6, 6.07) is 13.1. The summed E-state index contributed by atoms with van der Waals surface area (Å²) in [7, 11) is 1.60. The molecule has 0 N–H and O–H groups in total. The minimum absolute atomic E-state index is 0.216. The van der Waals surface area contributed by atoms with Gasteiger partial charge in [-0.05, 0) is 68.8 Å². The maximum Gasteiger partial charge on any atom is 0.351 e. The number of nitrogens with zero attached hydrogens (tertiary/aromatic N) is 4. The van der Waals surface area contributed by atoms with Gasteiger partial charge < -0.3 is 18.5 Å². The minimum atomic E-state index is -0.731. The number of thiophene rings is 1. The zero-order chi connectivity index (χ0) is 23.8. The van der Waals surface area contributed by atoms with Crippen molar-refractivity contribution in [3.05, 3.63) is 76.9 Å². The Labute approximate surface area is 199 Å². The van der Waals surface area contributed by atoms with Crippen LogP contribution in [0, 0.1) is 13.8 Å². The van der Waals surface area contributed by atoms with Gasteiger partial charge in [-0.25, -0.2) is 9.78 Å². The molecule has 0 saturated heterocycles. The first-order valence-corrected chi connectivity index (χ1v) is 11.5. The van der Waals surface area contributed by atoms with Crippen molar-refractivity contribution < 1.29 is 18.7 Å². The lowest BCUT2D eigenvalue weighted by Gasteiger charge is -2.11. The molecule has 0 bridgehead atoms. The minimum Gasteiger partial charge on any atom is -0.497 e. The summed E-state index contributed by atoms with van der Waals surface area (Å²) in [5.41, 5.74) is 3.46. The summed E-state index contributed by atoms with van der Waals surface area (Å²) in [5, 5.41) is 9.12. The standard InChI is InChI=1S/C25H22N4O4S/c1-14-13-15(2)26-24-19(14)20(29-11-5-6-12-29)21(34-24)25(30)32-16(3)22-27-28-23(33-22)17-7-9-18(31-4)10-8-17/h5-13,16H,1-4H3. The van der Waals surface area contributed by atoms with E-state index in [1.807, 2.05) is 73.3 Å². The van der Waals surface area contributed by atoms with Crippen LogP contribution in [0.5, 0.6) is 5.75 Å². The lowest BCUT2D eigenvalue weighted by Crippen LogP contribution is -2.10. The van der Waals surface area contributed by atoms with Crippen molar-refractivity contribution in [2.75, 3.05) is 7.11 Å². The fraction of sp³-hybridized carbons (Fsp3) is 0.200. The smallest absolute Gasteiger partial charge is 0.351 e. The number of carbonyl (C=O) groups excluding carboxylic acids is 1. The number of fused-ring (bicyclic) bond motifs is 1. The molecule has 0 radical (unpaired) electrons. The van der Waals surface area contributed by atoms with E-state index in [0.717, 1.165) is 38.5 Å². The van der Waals surface area contributed by atoms with Gasteiger partial charge in [0.15, 0.2) is 6.10 Å². The predicted molar refractivity (Wildman–Crippen MR) is 129 cm³/mol. The first kappa shape index (κ1) is 21.8. The van der Waals surface area contributed by atoms with Crippen molar-refractivity contribution >= 4 is 27.5 Å². The average molecular weight is 475 g/mol. The van der Waals surface area contributed by atoms with Crippen LogP contribution in [0.25, 0.3) is 27.4 Å². The van der Waals surface area contributed by atoms with Crippen molar-refractivity contribution in [3.63, 3.8) is 0 Å². The molecule has 172 valence electrons. The van der Waals surface area contributed by atoms with Crippen LogP contribution < -0.4 is 4.74 Å². The Morgan fingerprint density at radius 2 is 1.85 bits per heavy atom. The van der Waals surface area contributed by atoms with Gasteiger partial charge in [0, 0.05) is 29.0 Å². The molecule has 1 aromatic carbocycles. The first-order valence-electron chi connectivity index (χ1n) is 10.7. The lowest BCUT2D eigenvalue weighted by molar-refractivity contribution is 0.0286. The highest BCUT2D eigenvalue weighted by molar-refractivity contribution is 7.21. The number of ether oxygens (including phenoxy) is 2. The molecule has 0 fully saturated rings. The summed E-state index contributed by atoms with van der Waals surface area (Å²) in [6.07, 6.45) is 3.07. The molecule has 0 aliphatic rings. The molecule has 0 saturated carbocycles. The molecular formula is C25H22N4O4S. The maximum absolute atomic E-state index is 13.3. The van der Waals surface area contributed by atoms with E-state index in [0.29, 0.717) is 10.8 Å². The second-order valence-corrected chi connectivity index (χ2v) is 8.85. The van der Waals surface area contributed by atoms with E-state index in [4.69, 9.17) is 13.9 Å². The number of esters is 1. The number of carbonyl (C=O) groups is 1. The van der Waals surface area contributed by atoms with Gasteiger partial charge >= 0.3 is 5.97 Å². The quantitative estimate of drug-likeness (QED) is 0.292. The Hall–Kier alpha value is -3.98. The lowest BCUT2D eigenvalue weighted by atomic mass is 10.1. The van der Waals surface area contributed by atoms with Crippen molar-refractivity contribution in [2.45, 2.75) is 26.9 Å². The van der Waals surface area contributed by atoms with Crippen molar-refractivity contribution in [3.8, 4) is 22.9 Å². The fourth-order valence-corrected chi connectivity index (χ4v) is 4.98. The summed E-state index contributed by atoms with van der Waals surface area (Å²) < 4.78 is 18.6. The molecule has 0 amide bonds. The van der Waals surface area contributed by atoms with Crippen LogP contribution >= 0.6 is 11.3 Å². The molecule has 1 atom stereocenters. The summed E-state index contributed by atoms with van der Waals surface area (Å²) in [6.45, 7) is 5.67. The SMILES string of the molecule is COc1ccc(-c2nnc(C(C)OC(=O)c3sc4nc(C)cc(C)c4c3-n3cccc3)o2)cc1. The third kappa shape index (κ3) is 3.94. The highest BCUT2D eigenvalue weighted by Gasteiger charge is 2.26. The number of aromatic nitrogens is 4. The Kier molecular flexibility index (Phi) is 5.62. The molecule has 0 spiro atoms. The average Bonchev–Trinajstić information content (AvgIpc) is 3.58. The molecule has 4 heterocycles. The van der Waals surface area contributed by atoms with Gasteiger partial charge in [-0.1, -0.05) is 0 Å². The van der Waals surface area contributed by atoms with Gasteiger partial charge in [-0.15, -0.1) is 21.5 Å². The number of benzene rings is 1. The molecule has 4 aromatic heterocycles. The highest BCUT2D eigenvalue weighted by atomic mass is 32.1. The van der Waals surface area contributed by atoms with E-state index in [-0.39, 0.29) is 5.89 Å². The molecule has 1 unspecified atom stereocenters. The number of hydrogen-bond acceptors (Lipinski definition) is 8. The van der Waals surface area contributed by atoms with Crippen LogP contribution in [0.2, 0.25) is 0 Å². The Morgan fingerprint density at radius 1 is 1.12 bits per heavy atom. The molecular weight excluding hydrogens is 452 g/mol. The van der Waals surface area contributed by atoms with E-state index in [2.05, 4.69) is 15.2 Å². The first-order chi connectivity index (χ1) is 16.4. The van der Waals surface area contributed by atoms with Crippen LogP contribution in [-0.4, -0.2) is 32.8 Å². The predicted octanol–water partition coefficient (Wildman–Crippen LogP) is 5.68. The Bertz CT molecular complexity index is 1470. The van der Waals surface area contributed by atoms with E-state index in [9.17, 15) is 4.79 Å². The van der Waals surface area contributed by atoms with Crippen LogP contribution in [0.4, 0.5) is 0 Å². The second-order valence-electron chi connectivity index (χ2n) is 7.85. The summed E-state index contributed by atoms with van der Waals surface area (Å²) >= 11 is 1.32. The molecule has 0 aliphatic carbocycles. The van der Waals surface area contributed by atoms with Crippen LogP contribution in [-0.2, 0) is 4.74 Å². The largest absolute Gasteiger partial charge is 0.497 e.